The molecule has 4 aromatic heterocycles. The van der Waals surface area contributed by atoms with E-state index in [1.54, 1.807) is 24.5 Å². The van der Waals surface area contributed by atoms with Crippen LogP contribution in [0.25, 0.3) is 33.5 Å². The van der Waals surface area contributed by atoms with Gasteiger partial charge in [-0.1, -0.05) is 11.3 Å². The average molecular weight is 584 g/mol. The summed E-state index contributed by atoms with van der Waals surface area (Å²) in [5, 5.41) is 15.2. The zero-order valence-electron chi connectivity index (χ0n) is 23.2. The first-order valence-electron chi connectivity index (χ1n) is 13.4. The lowest BCUT2D eigenvalue weighted by Crippen LogP contribution is -2.53. The van der Waals surface area contributed by atoms with Gasteiger partial charge in [0.1, 0.15) is 39.6 Å². The Morgan fingerprint density at radius 3 is 2.50 bits per heavy atom. The molecule has 0 N–H and O–H groups in total. The Labute approximate surface area is 244 Å². The van der Waals surface area contributed by atoms with E-state index in [4.69, 9.17) is 19.8 Å². The van der Waals surface area contributed by atoms with Gasteiger partial charge in [-0.3, -0.25) is 4.79 Å². The smallest absolute Gasteiger partial charge is 0.303 e. The Bertz CT molecular complexity index is 1810. The van der Waals surface area contributed by atoms with E-state index in [0.717, 1.165) is 16.9 Å². The quantitative estimate of drug-likeness (QED) is 0.232. The van der Waals surface area contributed by atoms with Gasteiger partial charge in [-0.25, -0.2) is 29.0 Å². The highest BCUT2D eigenvalue weighted by molar-refractivity contribution is 7.16. The largest absolute Gasteiger partial charge is 0.459 e. The summed E-state index contributed by atoms with van der Waals surface area (Å²) in [5.74, 6) is 0.680. The number of aromatic nitrogens is 6. The van der Waals surface area contributed by atoms with Crippen molar-refractivity contribution in [3.8, 4) is 28.6 Å². The minimum Gasteiger partial charge on any atom is -0.459 e. The predicted molar refractivity (Wildman–Crippen MR) is 157 cm³/mol. The molecule has 6 rings (SSSR count). The molecular weight excluding hydrogens is 557 g/mol. The number of nitrogens with zero attached hydrogens (tertiary/aromatic N) is 9. The van der Waals surface area contributed by atoms with Gasteiger partial charge in [0, 0.05) is 43.5 Å². The number of aryl methyl sites for hydroxylation is 1. The molecule has 1 aromatic carbocycles. The van der Waals surface area contributed by atoms with Crippen molar-refractivity contribution in [1.82, 2.24) is 29.7 Å². The number of fused-ring (bicyclic) bond motifs is 1. The Balaban J connectivity index is 1.34. The first-order chi connectivity index (χ1) is 20.4. The minimum atomic E-state index is -0.350. The van der Waals surface area contributed by atoms with Gasteiger partial charge in [0.05, 0.1) is 18.8 Å². The minimum absolute atomic E-state index is 0.140. The van der Waals surface area contributed by atoms with E-state index in [1.807, 2.05) is 40.5 Å². The van der Waals surface area contributed by atoms with E-state index in [2.05, 4.69) is 16.0 Å². The second kappa shape index (κ2) is 11.1. The molecule has 0 aliphatic carbocycles. The molecule has 1 saturated heterocycles. The Morgan fingerprint density at radius 1 is 1.12 bits per heavy atom. The third kappa shape index (κ3) is 5.01. The number of benzene rings is 1. The van der Waals surface area contributed by atoms with Crippen LogP contribution in [0.5, 0.6) is 0 Å². The topological polar surface area (TPSA) is 126 Å². The lowest BCUT2D eigenvalue weighted by atomic mass is 10.1. The van der Waals surface area contributed by atoms with Crippen molar-refractivity contribution < 1.29 is 13.9 Å². The summed E-state index contributed by atoms with van der Waals surface area (Å²) in [4.78, 5) is 34.3. The fraction of sp³-hybridized carbons (Fsp3) is 0.276. The Hall–Kier alpha value is -4.96. The third-order valence-electron chi connectivity index (χ3n) is 6.89. The number of hydrogen-bond donors (Lipinski definition) is 0. The van der Waals surface area contributed by atoms with Crippen LogP contribution in [0.1, 0.15) is 25.6 Å². The molecule has 0 amide bonds. The second-order valence-corrected chi connectivity index (χ2v) is 10.6. The SMILES string of the molecule is CCN(c1nc(-c2ccc(F)cc2)c(C#N)s1)c1c2nc(-c3cnc(N4CC(OC(C)=O)C4)nc3)ccc2nn1CC. The fourth-order valence-electron chi connectivity index (χ4n) is 4.85. The molecule has 1 aliphatic heterocycles. The Kier molecular flexibility index (Phi) is 7.22. The molecule has 0 spiro atoms. The predicted octanol–water partition coefficient (Wildman–Crippen LogP) is 4.95. The summed E-state index contributed by atoms with van der Waals surface area (Å²) in [5.41, 5.74) is 4.02. The van der Waals surface area contributed by atoms with Gasteiger partial charge in [0.15, 0.2) is 10.9 Å². The Morgan fingerprint density at radius 2 is 1.86 bits per heavy atom. The van der Waals surface area contributed by atoms with Crippen molar-refractivity contribution in [3.63, 3.8) is 0 Å². The van der Waals surface area contributed by atoms with Crippen molar-refractivity contribution >= 4 is 45.2 Å². The van der Waals surface area contributed by atoms with Crippen molar-refractivity contribution in [3.05, 3.63) is 59.5 Å². The number of hydrogen-bond acceptors (Lipinski definition) is 11. The van der Waals surface area contributed by atoms with Crippen LogP contribution in [0.15, 0.2) is 48.8 Å². The first-order valence-corrected chi connectivity index (χ1v) is 14.3. The van der Waals surface area contributed by atoms with Gasteiger partial charge in [-0.05, 0) is 50.2 Å². The maximum atomic E-state index is 13.5. The maximum absolute atomic E-state index is 13.5. The van der Waals surface area contributed by atoms with Gasteiger partial charge in [-0.2, -0.15) is 10.4 Å². The van der Waals surface area contributed by atoms with Crippen LogP contribution >= 0.6 is 11.3 Å². The lowest BCUT2D eigenvalue weighted by molar-refractivity contribution is -0.147. The molecule has 11 nitrogen and oxygen atoms in total. The second-order valence-electron chi connectivity index (χ2n) is 9.65. The highest BCUT2D eigenvalue weighted by Crippen LogP contribution is 2.38. The van der Waals surface area contributed by atoms with Gasteiger partial charge in [-0.15, -0.1) is 0 Å². The molecule has 0 unspecified atom stereocenters. The number of carbonyl (C=O) groups is 1. The van der Waals surface area contributed by atoms with E-state index >= 15 is 0 Å². The number of rotatable bonds is 8. The molecule has 0 atom stereocenters. The molecule has 1 fully saturated rings. The number of carbonyl (C=O) groups excluding carboxylic acids is 1. The number of esters is 1. The number of nitriles is 1. The molecule has 0 saturated carbocycles. The monoisotopic (exact) mass is 583 g/mol. The molecule has 5 heterocycles. The zero-order valence-corrected chi connectivity index (χ0v) is 24.0. The summed E-state index contributed by atoms with van der Waals surface area (Å²) in [6.45, 7) is 7.67. The van der Waals surface area contributed by atoms with Crippen molar-refractivity contribution in [2.45, 2.75) is 33.4 Å². The van der Waals surface area contributed by atoms with E-state index in [1.165, 1.54) is 30.4 Å². The number of pyridine rings is 1. The standard InChI is InChI=1S/C29H26FN9O2S/c1-4-38(29-35-25(24(12-31)42-29)18-6-8-20(30)9-7-18)27-26-23(36-39(27)5-2)11-10-22(34-26)19-13-32-28(33-14-19)37-15-21(16-37)41-17(3)40/h6-11,13-14,21H,4-5,15-16H2,1-3H3. The van der Waals surface area contributed by atoms with Crippen LogP contribution in [0.4, 0.5) is 21.3 Å². The van der Waals surface area contributed by atoms with Crippen molar-refractivity contribution in [2.24, 2.45) is 0 Å². The van der Waals surface area contributed by atoms with E-state index in [9.17, 15) is 14.4 Å². The number of thiazole rings is 1. The maximum Gasteiger partial charge on any atom is 0.303 e. The van der Waals surface area contributed by atoms with Crippen LogP contribution in [0.2, 0.25) is 0 Å². The van der Waals surface area contributed by atoms with Gasteiger partial charge < -0.3 is 14.5 Å². The summed E-state index contributed by atoms with van der Waals surface area (Å²) >= 11 is 1.27. The summed E-state index contributed by atoms with van der Waals surface area (Å²) in [7, 11) is 0. The summed E-state index contributed by atoms with van der Waals surface area (Å²) in [6, 6.07) is 12.0. The first kappa shape index (κ1) is 27.2. The third-order valence-corrected chi connectivity index (χ3v) is 7.88. The molecule has 0 bridgehead atoms. The van der Waals surface area contributed by atoms with Crippen LogP contribution in [0, 0.1) is 17.1 Å². The van der Waals surface area contributed by atoms with Crippen LogP contribution in [-0.4, -0.2) is 61.4 Å². The van der Waals surface area contributed by atoms with Gasteiger partial charge in [0.2, 0.25) is 5.95 Å². The summed E-state index contributed by atoms with van der Waals surface area (Å²) in [6.07, 6.45) is 3.32. The number of ether oxygens (including phenoxy) is 1. The highest BCUT2D eigenvalue weighted by atomic mass is 32.1. The van der Waals surface area contributed by atoms with E-state index < -0.39 is 0 Å². The van der Waals surface area contributed by atoms with Crippen LogP contribution < -0.4 is 9.80 Å². The molecule has 0 radical (unpaired) electrons. The van der Waals surface area contributed by atoms with E-state index in [-0.39, 0.29) is 17.9 Å². The molecule has 42 heavy (non-hydrogen) atoms. The van der Waals surface area contributed by atoms with Gasteiger partial charge >= 0.3 is 5.97 Å². The molecule has 212 valence electrons. The zero-order chi connectivity index (χ0) is 29.4. The number of halogens is 1. The average Bonchev–Trinajstić information content (AvgIpc) is 3.57. The number of anilines is 3. The van der Waals surface area contributed by atoms with Crippen LogP contribution in [0.3, 0.4) is 0 Å². The van der Waals surface area contributed by atoms with Gasteiger partial charge in [0.25, 0.3) is 0 Å². The normalized spacial score (nSPS) is 13.2. The fourth-order valence-corrected chi connectivity index (χ4v) is 5.80. The molecule has 13 heteroatoms. The molecule has 1 aliphatic rings. The van der Waals surface area contributed by atoms with Crippen molar-refractivity contribution in [2.75, 3.05) is 29.4 Å². The van der Waals surface area contributed by atoms with E-state index in [0.29, 0.717) is 64.6 Å². The molecular formula is C29H26FN9O2S. The highest BCUT2D eigenvalue weighted by Gasteiger charge is 2.31. The molecule has 5 aromatic rings. The van der Waals surface area contributed by atoms with Crippen LogP contribution in [-0.2, 0) is 16.1 Å². The van der Waals surface area contributed by atoms with Crippen molar-refractivity contribution in [1.29, 1.82) is 5.26 Å². The summed E-state index contributed by atoms with van der Waals surface area (Å²) < 4.78 is 20.6. The lowest BCUT2D eigenvalue weighted by Gasteiger charge is -2.38.